The smallest absolute Gasteiger partial charge is 0.258 e. The topological polar surface area (TPSA) is 67.8 Å². The van der Waals surface area contributed by atoms with Crippen molar-refractivity contribution in [2.75, 3.05) is 5.32 Å². The molecule has 0 aliphatic rings. The minimum Gasteiger partial charge on any atom is -0.290 e. The van der Waals surface area contributed by atoms with Crippen molar-refractivity contribution in [3.05, 3.63) is 84.2 Å². The van der Waals surface area contributed by atoms with E-state index in [1.165, 1.54) is 5.56 Å². The summed E-state index contributed by atoms with van der Waals surface area (Å²) in [5, 5.41) is 3.67. The number of rotatable bonds is 4. The lowest BCUT2D eigenvalue weighted by Gasteiger charge is -2.04. The molecule has 1 amide bonds. The van der Waals surface area contributed by atoms with E-state index in [2.05, 4.69) is 51.5 Å². The van der Waals surface area contributed by atoms with Crippen LogP contribution in [-0.2, 0) is 0 Å². The third-order valence-electron chi connectivity index (χ3n) is 3.97. The van der Waals surface area contributed by atoms with Crippen LogP contribution in [0.3, 0.4) is 0 Å². The van der Waals surface area contributed by atoms with Crippen LogP contribution >= 0.6 is 11.3 Å². The Labute approximate surface area is 160 Å². The molecule has 0 radical (unpaired) electrons. The monoisotopic (exact) mass is 372 g/mol. The van der Waals surface area contributed by atoms with Gasteiger partial charge in [-0.1, -0.05) is 48.0 Å². The van der Waals surface area contributed by atoms with Gasteiger partial charge < -0.3 is 0 Å². The molecule has 0 saturated carbocycles. The maximum absolute atomic E-state index is 12.3. The first-order chi connectivity index (χ1) is 13.2. The van der Waals surface area contributed by atoms with Gasteiger partial charge in [-0.15, -0.1) is 11.3 Å². The van der Waals surface area contributed by atoms with Crippen LogP contribution in [0.1, 0.15) is 15.9 Å². The standard InChI is InChI=1S/C21H16N4OS/c1-14-7-9-16(10-8-14)20-23-13-18(27-20)17-11-12-22-21(24-17)25-19(26)15-5-3-2-4-6-15/h2-13H,1H3,(H,22,24,25,26). The zero-order chi connectivity index (χ0) is 18.6. The van der Waals surface area contributed by atoms with E-state index in [0.717, 1.165) is 21.1 Å². The number of amides is 1. The van der Waals surface area contributed by atoms with Crippen molar-refractivity contribution in [3.8, 4) is 21.1 Å². The average Bonchev–Trinajstić information content (AvgIpc) is 3.20. The lowest BCUT2D eigenvalue weighted by Crippen LogP contribution is -2.14. The predicted octanol–water partition coefficient (Wildman–Crippen LogP) is 4.83. The molecule has 6 heteroatoms. The lowest BCUT2D eigenvalue weighted by molar-refractivity contribution is 0.102. The molecule has 0 bridgehead atoms. The Hall–Kier alpha value is -3.38. The molecule has 0 aliphatic heterocycles. The van der Waals surface area contributed by atoms with E-state index >= 15 is 0 Å². The van der Waals surface area contributed by atoms with Crippen molar-refractivity contribution in [1.82, 2.24) is 15.0 Å². The van der Waals surface area contributed by atoms with E-state index in [4.69, 9.17) is 0 Å². The van der Waals surface area contributed by atoms with E-state index in [0.29, 0.717) is 5.56 Å². The summed E-state index contributed by atoms with van der Waals surface area (Å²) in [7, 11) is 0. The van der Waals surface area contributed by atoms with Crippen molar-refractivity contribution >= 4 is 23.2 Å². The SMILES string of the molecule is Cc1ccc(-c2ncc(-c3ccnc(NC(=O)c4ccccc4)n3)s2)cc1. The predicted molar refractivity (Wildman–Crippen MR) is 108 cm³/mol. The number of carbonyl (C=O) groups excluding carboxylic acids is 1. The van der Waals surface area contributed by atoms with Gasteiger partial charge in [0.25, 0.3) is 5.91 Å². The van der Waals surface area contributed by atoms with Gasteiger partial charge in [0.1, 0.15) is 5.01 Å². The number of carbonyl (C=O) groups is 1. The van der Waals surface area contributed by atoms with Crippen LogP contribution in [0.15, 0.2) is 73.1 Å². The molecule has 0 saturated heterocycles. The van der Waals surface area contributed by atoms with Crippen LogP contribution in [-0.4, -0.2) is 20.9 Å². The van der Waals surface area contributed by atoms with Crippen molar-refractivity contribution in [2.45, 2.75) is 6.92 Å². The summed E-state index contributed by atoms with van der Waals surface area (Å²) in [5.74, 6) is 0.0315. The summed E-state index contributed by atoms with van der Waals surface area (Å²) in [6, 6.07) is 19.1. The Balaban J connectivity index is 1.56. The van der Waals surface area contributed by atoms with Gasteiger partial charge in [-0.25, -0.2) is 15.0 Å². The van der Waals surface area contributed by atoms with Gasteiger partial charge in [-0.05, 0) is 25.1 Å². The van der Waals surface area contributed by atoms with E-state index in [9.17, 15) is 4.79 Å². The molecule has 27 heavy (non-hydrogen) atoms. The van der Waals surface area contributed by atoms with Crippen LogP contribution in [0.2, 0.25) is 0 Å². The average molecular weight is 372 g/mol. The number of aromatic nitrogens is 3. The Morgan fingerprint density at radius 1 is 0.963 bits per heavy atom. The number of anilines is 1. The molecule has 132 valence electrons. The molecule has 0 spiro atoms. The van der Waals surface area contributed by atoms with Gasteiger partial charge in [0, 0.05) is 23.5 Å². The Bertz CT molecular complexity index is 1070. The summed E-state index contributed by atoms with van der Waals surface area (Å²) < 4.78 is 0. The molecule has 0 unspecified atom stereocenters. The third-order valence-corrected chi connectivity index (χ3v) is 5.04. The highest BCUT2D eigenvalue weighted by atomic mass is 32.1. The molecule has 0 aliphatic carbocycles. The summed E-state index contributed by atoms with van der Waals surface area (Å²) in [4.78, 5) is 26.3. The molecule has 4 aromatic rings. The van der Waals surface area contributed by atoms with Crippen molar-refractivity contribution in [3.63, 3.8) is 0 Å². The second-order valence-corrected chi connectivity index (χ2v) is 7.01. The number of nitrogens with one attached hydrogen (secondary N) is 1. The molecule has 5 nitrogen and oxygen atoms in total. The Kier molecular flexibility index (Phi) is 4.72. The van der Waals surface area contributed by atoms with Crippen molar-refractivity contribution in [1.29, 1.82) is 0 Å². The highest BCUT2D eigenvalue weighted by Gasteiger charge is 2.11. The minimum atomic E-state index is -0.239. The first-order valence-corrected chi connectivity index (χ1v) is 9.23. The molecule has 2 aromatic carbocycles. The first-order valence-electron chi connectivity index (χ1n) is 8.42. The van der Waals surface area contributed by atoms with Crippen molar-refractivity contribution in [2.24, 2.45) is 0 Å². The maximum atomic E-state index is 12.3. The highest BCUT2D eigenvalue weighted by Crippen LogP contribution is 2.31. The van der Waals surface area contributed by atoms with E-state index in [1.807, 2.05) is 24.3 Å². The zero-order valence-corrected chi connectivity index (χ0v) is 15.4. The van der Waals surface area contributed by atoms with Gasteiger partial charge in [0.05, 0.1) is 10.6 Å². The molecule has 0 atom stereocenters. The van der Waals surface area contributed by atoms with Crippen LogP contribution in [0, 0.1) is 6.92 Å². The number of thiazole rings is 1. The largest absolute Gasteiger partial charge is 0.290 e. The zero-order valence-electron chi connectivity index (χ0n) is 14.6. The number of nitrogens with zero attached hydrogens (tertiary/aromatic N) is 3. The quantitative estimate of drug-likeness (QED) is 0.557. The fourth-order valence-electron chi connectivity index (χ4n) is 2.54. The number of benzene rings is 2. The van der Waals surface area contributed by atoms with Gasteiger partial charge in [0.2, 0.25) is 5.95 Å². The number of hydrogen-bond acceptors (Lipinski definition) is 5. The van der Waals surface area contributed by atoms with E-state index in [1.54, 1.807) is 35.9 Å². The summed E-state index contributed by atoms with van der Waals surface area (Å²) in [5.41, 5.74) is 3.57. The molecular weight excluding hydrogens is 356 g/mol. The molecule has 2 aromatic heterocycles. The minimum absolute atomic E-state index is 0.239. The summed E-state index contributed by atoms with van der Waals surface area (Å²) in [6.07, 6.45) is 3.43. The van der Waals surface area contributed by atoms with Crippen LogP contribution in [0.4, 0.5) is 5.95 Å². The third kappa shape index (κ3) is 3.91. The van der Waals surface area contributed by atoms with E-state index in [-0.39, 0.29) is 11.9 Å². The normalized spacial score (nSPS) is 10.6. The number of aryl methyl sites for hydroxylation is 1. The van der Waals surface area contributed by atoms with Crippen molar-refractivity contribution < 1.29 is 4.79 Å². The summed E-state index contributed by atoms with van der Waals surface area (Å²) >= 11 is 1.55. The van der Waals surface area contributed by atoms with Gasteiger partial charge in [-0.2, -0.15) is 0 Å². The number of hydrogen-bond donors (Lipinski definition) is 1. The van der Waals surface area contributed by atoms with Crippen LogP contribution in [0.25, 0.3) is 21.1 Å². The molecule has 2 heterocycles. The van der Waals surface area contributed by atoms with Gasteiger partial charge >= 0.3 is 0 Å². The first kappa shape index (κ1) is 17.1. The lowest BCUT2D eigenvalue weighted by atomic mass is 10.2. The molecule has 1 N–H and O–H groups in total. The van der Waals surface area contributed by atoms with E-state index < -0.39 is 0 Å². The fraction of sp³-hybridized carbons (Fsp3) is 0.0476. The second-order valence-electron chi connectivity index (χ2n) is 5.98. The fourth-order valence-corrected chi connectivity index (χ4v) is 3.43. The highest BCUT2D eigenvalue weighted by molar-refractivity contribution is 7.18. The Morgan fingerprint density at radius 2 is 1.74 bits per heavy atom. The Morgan fingerprint density at radius 3 is 2.52 bits per heavy atom. The van der Waals surface area contributed by atoms with Gasteiger partial charge in [-0.3, -0.25) is 10.1 Å². The second kappa shape index (κ2) is 7.47. The van der Waals surface area contributed by atoms with Gasteiger partial charge in [0.15, 0.2) is 0 Å². The maximum Gasteiger partial charge on any atom is 0.258 e. The summed E-state index contributed by atoms with van der Waals surface area (Å²) in [6.45, 7) is 2.06. The molecule has 4 rings (SSSR count). The van der Waals surface area contributed by atoms with Crippen LogP contribution < -0.4 is 5.32 Å². The van der Waals surface area contributed by atoms with Crippen LogP contribution in [0.5, 0.6) is 0 Å². The molecular formula is C21H16N4OS. The molecule has 0 fully saturated rings.